The van der Waals surface area contributed by atoms with E-state index >= 15 is 0 Å². The van der Waals surface area contributed by atoms with Crippen molar-refractivity contribution in [3.05, 3.63) is 0 Å². The van der Waals surface area contributed by atoms with Gasteiger partial charge in [-0.05, 0) is 44.9 Å². The Balaban J connectivity index is 2.27. The number of carboxylic acids is 1. The minimum Gasteiger partial charge on any atom is -0.481 e. The van der Waals surface area contributed by atoms with Crippen molar-refractivity contribution in [1.82, 2.24) is 10.6 Å². The number of carboxylic acid groups (broad SMARTS) is 1. The molecule has 2 amide bonds. The molecule has 0 heterocycles. The highest BCUT2D eigenvalue weighted by atomic mass is 16.4. The van der Waals surface area contributed by atoms with Crippen molar-refractivity contribution in [3.63, 3.8) is 0 Å². The molecule has 0 saturated heterocycles. The fraction of sp³-hybridized carbons (Fsp3) is 0.846. The summed E-state index contributed by atoms with van der Waals surface area (Å²) < 4.78 is 0. The average molecular weight is 256 g/mol. The predicted molar refractivity (Wildman–Crippen MR) is 69.4 cm³/mol. The molecule has 0 aromatic rings. The van der Waals surface area contributed by atoms with Gasteiger partial charge in [0.05, 0.1) is 0 Å². The van der Waals surface area contributed by atoms with Crippen LogP contribution in [0.1, 0.15) is 52.9 Å². The summed E-state index contributed by atoms with van der Waals surface area (Å²) in [5, 5.41) is 14.3. The van der Waals surface area contributed by atoms with E-state index in [0.29, 0.717) is 18.4 Å². The van der Waals surface area contributed by atoms with Crippen LogP contribution < -0.4 is 10.6 Å². The number of carbonyl (C=O) groups is 2. The van der Waals surface area contributed by atoms with Gasteiger partial charge in [-0.3, -0.25) is 4.79 Å². The van der Waals surface area contributed by atoms with Gasteiger partial charge in [-0.25, -0.2) is 4.79 Å². The van der Waals surface area contributed by atoms with Crippen LogP contribution in [0.2, 0.25) is 0 Å². The molecule has 5 nitrogen and oxygen atoms in total. The summed E-state index contributed by atoms with van der Waals surface area (Å²) in [7, 11) is 0. The fourth-order valence-electron chi connectivity index (χ4n) is 1.93. The van der Waals surface area contributed by atoms with Crippen molar-refractivity contribution in [2.75, 3.05) is 6.54 Å². The zero-order valence-corrected chi connectivity index (χ0v) is 11.5. The van der Waals surface area contributed by atoms with Crippen molar-refractivity contribution in [3.8, 4) is 0 Å². The maximum Gasteiger partial charge on any atom is 0.315 e. The maximum absolute atomic E-state index is 11.7. The molecule has 1 saturated carbocycles. The van der Waals surface area contributed by atoms with Crippen molar-refractivity contribution >= 4 is 12.0 Å². The molecule has 0 radical (unpaired) electrons. The van der Waals surface area contributed by atoms with Crippen LogP contribution in [0.3, 0.4) is 0 Å². The van der Waals surface area contributed by atoms with Crippen LogP contribution in [-0.2, 0) is 4.79 Å². The van der Waals surface area contributed by atoms with E-state index in [-0.39, 0.29) is 12.5 Å². The molecule has 0 aromatic heterocycles. The first kappa shape index (κ1) is 14.8. The summed E-state index contributed by atoms with van der Waals surface area (Å²) >= 11 is 0. The Labute approximate surface area is 108 Å². The van der Waals surface area contributed by atoms with Gasteiger partial charge < -0.3 is 15.7 Å². The molecule has 0 aliphatic heterocycles. The van der Waals surface area contributed by atoms with Crippen LogP contribution in [0, 0.1) is 5.41 Å². The SMILES string of the molecule is CCC1(CNC(=O)NC(C)(C)CCC(=O)O)CC1. The van der Waals surface area contributed by atoms with Crippen molar-refractivity contribution in [1.29, 1.82) is 0 Å². The number of hydrogen-bond acceptors (Lipinski definition) is 2. The molecule has 3 N–H and O–H groups in total. The van der Waals surface area contributed by atoms with E-state index in [1.165, 1.54) is 12.8 Å². The van der Waals surface area contributed by atoms with E-state index in [4.69, 9.17) is 5.11 Å². The second-order valence-electron chi connectivity index (χ2n) is 5.94. The predicted octanol–water partition coefficient (Wildman–Crippen LogP) is 2.12. The Kier molecular flexibility index (Phi) is 4.59. The van der Waals surface area contributed by atoms with Crippen molar-refractivity contribution < 1.29 is 14.7 Å². The molecule has 1 fully saturated rings. The lowest BCUT2D eigenvalue weighted by molar-refractivity contribution is -0.137. The highest BCUT2D eigenvalue weighted by Crippen LogP contribution is 2.47. The van der Waals surface area contributed by atoms with Crippen LogP contribution in [-0.4, -0.2) is 29.2 Å². The van der Waals surface area contributed by atoms with E-state index in [0.717, 1.165) is 6.42 Å². The molecular formula is C13H24N2O3. The monoisotopic (exact) mass is 256 g/mol. The lowest BCUT2D eigenvalue weighted by atomic mass is 9.99. The molecule has 0 bridgehead atoms. The summed E-state index contributed by atoms with van der Waals surface area (Å²) in [5.41, 5.74) is -0.173. The molecule has 5 heteroatoms. The zero-order chi connectivity index (χ0) is 13.8. The van der Waals surface area contributed by atoms with Gasteiger partial charge in [-0.1, -0.05) is 6.92 Å². The quantitative estimate of drug-likeness (QED) is 0.653. The first-order valence-electron chi connectivity index (χ1n) is 6.56. The summed E-state index contributed by atoms with van der Waals surface area (Å²) in [6.07, 6.45) is 3.95. The first-order valence-corrected chi connectivity index (χ1v) is 6.56. The minimum atomic E-state index is -0.840. The first-order chi connectivity index (χ1) is 8.29. The van der Waals surface area contributed by atoms with Crippen LogP contribution in [0.4, 0.5) is 4.79 Å². The third-order valence-electron chi connectivity index (χ3n) is 3.75. The van der Waals surface area contributed by atoms with Gasteiger partial charge in [0.15, 0.2) is 0 Å². The molecule has 104 valence electrons. The number of amides is 2. The van der Waals surface area contributed by atoms with E-state index in [2.05, 4.69) is 17.6 Å². The molecular weight excluding hydrogens is 232 g/mol. The summed E-state index contributed by atoms with van der Waals surface area (Å²) in [5.74, 6) is -0.840. The van der Waals surface area contributed by atoms with Crippen LogP contribution in [0.15, 0.2) is 0 Å². The van der Waals surface area contributed by atoms with Gasteiger partial charge in [-0.15, -0.1) is 0 Å². The van der Waals surface area contributed by atoms with Gasteiger partial charge in [0.25, 0.3) is 0 Å². The Morgan fingerprint density at radius 2 is 1.94 bits per heavy atom. The lowest BCUT2D eigenvalue weighted by Gasteiger charge is -2.26. The topological polar surface area (TPSA) is 78.4 Å². The van der Waals surface area contributed by atoms with E-state index < -0.39 is 11.5 Å². The van der Waals surface area contributed by atoms with Crippen molar-refractivity contribution in [2.24, 2.45) is 5.41 Å². The molecule has 0 aromatic carbocycles. The Hall–Kier alpha value is -1.26. The number of carbonyl (C=O) groups excluding carboxylic acids is 1. The van der Waals surface area contributed by atoms with Gasteiger partial charge in [0, 0.05) is 18.5 Å². The Morgan fingerprint density at radius 3 is 2.39 bits per heavy atom. The molecule has 1 aliphatic rings. The van der Waals surface area contributed by atoms with E-state index in [1.807, 2.05) is 13.8 Å². The molecule has 0 spiro atoms. The average Bonchev–Trinajstić information content (AvgIpc) is 3.04. The fourth-order valence-corrected chi connectivity index (χ4v) is 1.93. The lowest BCUT2D eigenvalue weighted by Crippen LogP contribution is -2.49. The number of nitrogens with one attached hydrogen (secondary N) is 2. The van der Waals surface area contributed by atoms with Crippen LogP contribution in [0.25, 0.3) is 0 Å². The summed E-state index contributed by atoms with van der Waals surface area (Å²) in [6, 6.07) is -0.204. The van der Waals surface area contributed by atoms with Gasteiger partial charge in [0.2, 0.25) is 0 Å². The van der Waals surface area contributed by atoms with Gasteiger partial charge in [0.1, 0.15) is 0 Å². The second kappa shape index (κ2) is 5.59. The Bertz CT molecular complexity index is 322. The number of urea groups is 1. The molecule has 0 atom stereocenters. The third-order valence-corrected chi connectivity index (χ3v) is 3.75. The molecule has 18 heavy (non-hydrogen) atoms. The van der Waals surface area contributed by atoms with Gasteiger partial charge >= 0.3 is 12.0 Å². The second-order valence-corrected chi connectivity index (χ2v) is 5.94. The zero-order valence-electron chi connectivity index (χ0n) is 11.5. The van der Waals surface area contributed by atoms with E-state index in [9.17, 15) is 9.59 Å². The van der Waals surface area contributed by atoms with Crippen LogP contribution >= 0.6 is 0 Å². The smallest absolute Gasteiger partial charge is 0.315 e. The molecule has 1 aliphatic carbocycles. The summed E-state index contributed by atoms with van der Waals surface area (Å²) in [4.78, 5) is 22.2. The standard InChI is InChI=1S/C13H24N2O3/c1-4-13(7-8-13)9-14-11(18)15-12(2,3)6-5-10(16)17/h4-9H2,1-3H3,(H,16,17)(H2,14,15,18). The number of aliphatic carboxylic acids is 1. The minimum absolute atomic E-state index is 0.0617. The highest BCUT2D eigenvalue weighted by molar-refractivity contribution is 5.75. The number of rotatable bonds is 7. The van der Waals surface area contributed by atoms with E-state index in [1.54, 1.807) is 0 Å². The largest absolute Gasteiger partial charge is 0.481 e. The highest BCUT2D eigenvalue weighted by Gasteiger charge is 2.40. The maximum atomic E-state index is 11.7. The van der Waals surface area contributed by atoms with Crippen molar-refractivity contribution in [2.45, 2.75) is 58.4 Å². The van der Waals surface area contributed by atoms with Gasteiger partial charge in [-0.2, -0.15) is 0 Å². The third kappa shape index (κ3) is 4.94. The summed E-state index contributed by atoms with van der Waals surface area (Å²) in [6.45, 7) is 6.53. The van der Waals surface area contributed by atoms with Crippen LogP contribution in [0.5, 0.6) is 0 Å². The molecule has 1 rings (SSSR count). The Morgan fingerprint density at radius 1 is 1.33 bits per heavy atom. The normalized spacial score (nSPS) is 17.1. The number of hydrogen-bond donors (Lipinski definition) is 3. The molecule has 0 unspecified atom stereocenters.